The van der Waals surface area contributed by atoms with Crippen LogP contribution in [0.2, 0.25) is 0 Å². The highest BCUT2D eigenvalue weighted by Crippen LogP contribution is 2.39. The normalized spacial score (nSPS) is 14.8. The number of nitro benzene ring substituents is 1. The third-order valence-corrected chi connectivity index (χ3v) is 2.99. The van der Waals surface area contributed by atoms with Gasteiger partial charge in [-0.15, -0.1) is 0 Å². The molecule has 0 bridgehead atoms. The standard InChI is InChI=1S/C12H11N3O2/c16-15(17)10-5-3-9(4-6-10)12-7-11(13-14-12)8-1-2-8/h3-8H,1-2H2,(H,13,14). The smallest absolute Gasteiger partial charge is 0.269 e. The molecule has 0 saturated heterocycles. The maximum absolute atomic E-state index is 10.5. The molecular weight excluding hydrogens is 218 g/mol. The molecule has 1 aliphatic rings. The molecule has 1 aliphatic carbocycles. The van der Waals surface area contributed by atoms with E-state index in [4.69, 9.17) is 0 Å². The van der Waals surface area contributed by atoms with E-state index >= 15 is 0 Å². The predicted molar refractivity (Wildman–Crippen MR) is 62.7 cm³/mol. The van der Waals surface area contributed by atoms with Crippen molar-refractivity contribution in [3.8, 4) is 11.3 Å². The number of nitro groups is 1. The van der Waals surface area contributed by atoms with Gasteiger partial charge >= 0.3 is 0 Å². The zero-order valence-corrected chi connectivity index (χ0v) is 9.09. The molecular formula is C12H11N3O2. The van der Waals surface area contributed by atoms with Gasteiger partial charge < -0.3 is 0 Å². The molecule has 0 amide bonds. The van der Waals surface area contributed by atoms with Gasteiger partial charge in [-0.05, 0) is 31.0 Å². The Balaban J connectivity index is 1.89. The number of nitrogens with one attached hydrogen (secondary N) is 1. The fourth-order valence-electron chi connectivity index (χ4n) is 1.84. The van der Waals surface area contributed by atoms with Crippen molar-refractivity contribution in [1.82, 2.24) is 10.2 Å². The van der Waals surface area contributed by atoms with Crippen molar-refractivity contribution in [2.75, 3.05) is 0 Å². The van der Waals surface area contributed by atoms with Crippen LogP contribution in [-0.2, 0) is 0 Å². The van der Waals surface area contributed by atoms with Crippen LogP contribution in [0.25, 0.3) is 11.3 Å². The second-order valence-electron chi connectivity index (χ2n) is 4.29. The molecule has 1 heterocycles. The van der Waals surface area contributed by atoms with Crippen molar-refractivity contribution >= 4 is 5.69 Å². The van der Waals surface area contributed by atoms with E-state index in [1.54, 1.807) is 12.1 Å². The maximum atomic E-state index is 10.5. The number of non-ortho nitro benzene ring substituents is 1. The number of nitrogens with zero attached hydrogens (tertiary/aromatic N) is 2. The molecule has 2 aromatic rings. The summed E-state index contributed by atoms with van der Waals surface area (Å²) >= 11 is 0. The maximum Gasteiger partial charge on any atom is 0.269 e. The summed E-state index contributed by atoms with van der Waals surface area (Å²) in [5.41, 5.74) is 3.02. The lowest BCUT2D eigenvalue weighted by molar-refractivity contribution is -0.384. The van der Waals surface area contributed by atoms with Gasteiger partial charge in [-0.3, -0.25) is 15.2 Å². The molecule has 0 aliphatic heterocycles. The van der Waals surface area contributed by atoms with E-state index in [-0.39, 0.29) is 5.69 Å². The molecule has 0 unspecified atom stereocenters. The Labute approximate surface area is 97.6 Å². The molecule has 0 atom stereocenters. The lowest BCUT2D eigenvalue weighted by Gasteiger charge is -1.95. The largest absolute Gasteiger partial charge is 0.282 e. The second kappa shape index (κ2) is 3.69. The average molecular weight is 229 g/mol. The van der Waals surface area contributed by atoms with Gasteiger partial charge in [0.15, 0.2) is 0 Å². The zero-order chi connectivity index (χ0) is 11.8. The zero-order valence-electron chi connectivity index (χ0n) is 9.09. The molecule has 0 spiro atoms. The van der Waals surface area contributed by atoms with E-state index in [1.165, 1.54) is 30.7 Å². The number of hydrogen-bond donors (Lipinski definition) is 1. The number of benzene rings is 1. The van der Waals surface area contributed by atoms with Crippen LogP contribution >= 0.6 is 0 Å². The van der Waals surface area contributed by atoms with Gasteiger partial charge in [-0.1, -0.05) is 0 Å². The predicted octanol–water partition coefficient (Wildman–Crippen LogP) is 2.86. The van der Waals surface area contributed by atoms with Crippen molar-refractivity contribution in [1.29, 1.82) is 0 Å². The summed E-state index contributed by atoms with van der Waals surface area (Å²) in [7, 11) is 0. The van der Waals surface area contributed by atoms with E-state index in [2.05, 4.69) is 10.2 Å². The Morgan fingerprint density at radius 3 is 2.59 bits per heavy atom. The SMILES string of the molecule is O=[N+]([O-])c1ccc(-c2cc(C3CC3)[nH]n2)cc1. The van der Waals surface area contributed by atoms with Crippen LogP contribution in [0.1, 0.15) is 24.5 Å². The van der Waals surface area contributed by atoms with E-state index in [0.717, 1.165) is 11.3 Å². The van der Waals surface area contributed by atoms with Crippen LogP contribution < -0.4 is 0 Å². The lowest BCUT2D eigenvalue weighted by atomic mass is 10.1. The van der Waals surface area contributed by atoms with Gasteiger partial charge in [-0.2, -0.15) is 5.10 Å². The van der Waals surface area contributed by atoms with Crippen molar-refractivity contribution in [3.05, 3.63) is 46.1 Å². The van der Waals surface area contributed by atoms with Gasteiger partial charge in [0.05, 0.1) is 10.6 Å². The van der Waals surface area contributed by atoms with E-state index in [9.17, 15) is 10.1 Å². The first kappa shape index (κ1) is 10.0. The summed E-state index contributed by atoms with van der Waals surface area (Å²) in [4.78, 5) is 10.1. The Morgan fingerprint density at radius 1 is 1.29 bits per heavy atom. The Hall–Kier alpha value is -2.17. The number of aromatic nitrogens is 2. The molecule has 1 N–H and O–H groups in total. The molecule has 1 aromatic heterocycles. The quantitative estimate of drug-likeness (QED) is 0.649. The average Bonchev–Trinajstić information content (AvgIpc) is 3.07. The van der Waals surface area contributed by atoms with Crippen molar-refractivity contribution in [3.63, 3.8) is 0 Å². The molecule has 1 fully saturated rings. The van der Waals surface area contributed by atoms with Crippen LogP contribution in [0.5, 0.6) is 0 Å². The van der Waals surface area contributed by atoms with E-state index < -0.39 is 4.92 Å². The molecule has 86 valence electrons. The van der Waals surface area contributed by atoms with Gasteiger partial charge in [0.2, 0.25) is 0 Å². The van der Waals surface area contributed by atoms with Gasteiger partial charge in [0, 0.05) is 29.3 Å². The summed E-state index contributed by atoms with van der Waals surface area (Å²) < 4.78 is 0. The molecule has 3 rings (SSSR count). The summed E-state index contributed by atoms with van der Waals surface area (Å²) in [5, 5.41) is 17.8. The third kappa shape index (κ3) is 1.91. The topological polar surface area (TPSA) is 71.8 Å². The minimum absolute atomic E-state index is 0.103. The van der Waals surface area contributed by atoms with Crippen LogP contribution in [0.3, 0.4) is 0 Å². The minimum Gasteiger partial charge on any atom is -0.282 e. The fourth-order valence-corrected chi connectivity index (χ4v) is 1.84. The molecule has 0 radical (unpaired) electrons. The highest BCUT2D eigenvalue weighted by Gasteiger charge is 2.25. The van der Waals surface area contributed by atoms with Gasteiger partial charge in [-0.25, -0.2) is 0 Å². The van der Waals surface area contributed by atoms with Crippen molar-refractivity contribution in [2.45, 2.75) is 18.8 Å². The number of rotatable bonds is 3. The molecule has 1 saturated carbocycles. The van der Waals surface area contributed by atoms with E-state index in [1.807, 2.05) is 6.07 Å². The summed E-state index contributed by atoms with van der Waals surface area (Å²) in [6, 6.07) is 8.48. The first-order chi connectivity index (χ1) is 8.24. The fraction of sp³-hybridized carbons (Fsp3) is 0.250. The number of hydrogen-bond acceptors (Lipinski definition) is 3. The third-order valence-electron chi connectivity index (χ3n) is 2.99. The van der Waals surface area contributed by atoms with Crippen molar-refractivity contribution in [2.24, 2.45) is 0 Å². The van der Waals surface area contributed by atoms with Gasteiger partial charge in [0.25, 0.3) is 5.69 Å². The molecule has 1 aromatic carbocycles. The second-order valence-corrected chi connectivity index (χ2v) is 4.29. The summed E-state index contributed by atoms with van der Waals surface area (Å²) in [6.45, 7) is 0. The van der Waals surface area contributed by atoms with Gasteiger partial charge in [0.1, 0.15) is 0 Å². The number of aromatic amines is 1. The summed E-state index contributed by atoms with van der Waals surface area (Å²) in [5.74, 6) is 0.634. The molecule has 5 nitrogen and oxygen atoms in total. The number of H-pyrrole nitrogens is 1. The van der Waals surface area contributed by atoms with Crippen LogP contribution in [-0.4, -0.2) is 15.1 Å². The molecule has 5 heteroatoms. The van der Waals surface area contributed by atoms with Crippen molar-refractivity contribution < 1.29 is 4.92 Å². The van der Waals surface area contributed by atoms with E-state index in [0.29, 0.717) is 5.92 Å². The first-order valence-corrected chi connectivity index (χ1v) is 5.54. The Kier molecular flexibility index (Phi) is 2.18. The van der Waals surface area contributed by atoms with Crippen LogP contribution in [0.15, 0.2) is 30.3 Å². The highest BCUT2D eigenvalue weighted by atomic mass is 16.6. The first-order valence-electron chi connectivity index (χ1n) is 5.54. The van der Waals surface area contributed by atoms with Crippen LogP contribution in [0.4, 0.5) is 5.69 Å². The Morgan fingerprint density at radius 2 is 2.00 bits per heavy atom. The highest BCUT2D eigenvalue weighted by molar-refractivity contribution is 5.61. The minimum atomic E-state index is -0.399. The summed E-state index contributed by atoms with van der Waals surface area (Å²) in [6.07, 6.45) is 2.45. The monoisotopic (exact) mass is 229 g/mol. The lowest BCUT2D eigenvalue weighted by Crippen LogP contribution is -1.87. The Bertz CT molecular complexity index is 555. The molecule has 17 heavy (non-hydrogen) atoms. The van der Waals surface area contributed by atoms with Crippen LogP contribution in [0, 0.1) is 10.1 Å².